The Morgan fingerprint density at radius 3 is 2.65 bits per heavy atom. The van der Waals surface area contributed by atoms with E-state index in [0.717, 1.165) is 22.0 Å². The normalized spacial score (nSPS) is 10.7. The summed E-state index contributed by atoms with van der Waals surface area (Å²) in [5, 5.41) is 20.5. The van der Waals surface area contributed by atoms with Crippen LogP contribution in [-0.4, -0.2) is 33.1 Å². The number of aromatic nitrogens is 3. The van der Waals surface area contributed by atoms with Gasteiger partial charge in [0.2, 0.25) is 5.91 Å². The third kappa shape index (κ3) is 4.57. The molecule has 0 bridgehead atoms. The van der Waals surface area contributed by atoms with Crippen LogP contribution in [0, 0.1) is 25.2 Å². The number of aryl methyl sites for hydroxylation is 2. The quantitative estimate of drug-likeness (QED) is 0.423. The van der Waals surface area contributed by atoms with Gasteiger partial charge in [0.05, 0.1) is 28.8 Å². The van der Waals surface area contributed by atoms with Crippen molar-refractivity contribution in [1.82, 2.24) is 20.1 Å². The van der Waals surface area contributed by atoms with Crippen LogP contribution in [0.3, 0.4) is 0 Å². The Kier molecular flexibility index (Phi) is 6.50. The summed E-state index contributed by atoms with van der Waals surface area (Å²) in [5.74, 6) is -0.474. The van der Waals surface area contributed by atoms with Crippen molar-refractivity contribution < 1.29 is 9.59 Å². The lowest BCUT2D eigenvalue weighted by molar-refractivity contribution is -0.115. The second-order valence-electron chi connectivity index (χ2n) is 7.55. The van der Waals surface area contributed by atoms with Crippen LogP contribution in [0.15, 0.2) is 48.7 Å². The standard InChI is InChI=1S/C24H18Cl2N6O2/c1-13-4-3-5-17-14(2)8-20(30-22(13)17)32-23(15(10-27)11-29-32)31-21(33)12-28-24(34)18-7-6-16(25)9-19(18)26/h3-9,11H,12H2,1-2H3,(H,28,34)(H,31,33). The van der Waals surface area contributed by atoms with Crippen molar-refractivity contribution in [1.29, 1.82) is 5.26 Å². The molecule has 0 saturated carbocycles. The number of nitrogens with one attached hydrogen (secondary N) is 2. The molecule has 0 spiro atoms. The third-order valence-electron chi connectivity index (χ3n) is 5.18. The van der Waals surface area contributed by atoms with E-state index in [9.17, 15) is 14.9 Å². The van der Waals surface area contributed by atoms with E-state index < -0.39 is 11.8 Å². The highest BCUT2D eigenvalue weighted by Gasteiger charge is 2.18. The summed E-state index contributed by atoms with van der Waals surface area (Å²) in [4.78, 5) is 29.7. The molecule has 4 rings (SSSR count). The summed E-state index contributed by atoms with van der Waals surface area (Å²) >= 11 is 11.9. The number of fused-ring (bicyclic) bond motifs is 1. The largest absolute Gasteiger partial charge is 0.343 e. The van der Waals surface area contributed by atoms with Crippen molar-refractivity contribution in [2.75, 3.05) is 11.9 Å². The van der Waals surface area contributed by atoms with Gasteiger partial charge in [0, 0.05) is 10.4 Å². The smallest absolute Gasteiger partial charge is 0.253 e. The number of nitrogens with zero attached hydrogens (tertiary/aromatic N) is 4. The Labute approximate surface area is 205 Å². The zero-order valence-electron chi connectivity index (χ0n) is 18.2. The fraction of sp³-hybridized carbons (Fsp3) is 0.125. The molecule has 4 aromatic rings. The first-order chi connectivity index (χ1) is 16.3. The highest BCUT2D eigenvalue weighted by molar-refractivity contribution is 6.36. The van der Waals surface area contributed by atoms with E-state index in [1.165, 1.54) is 29.1 Å². The molecule has 2 N–H and O–H groups in total. The molecule has 170 valence electrons. The Balaban J connectivity index is 1.58. The van der Waals surface area contributed by atoms with Gasteiger partial charge in [0.25, 0.3) is 5.91 Å². The van der Waals surface area contributed by atoms with Gasteiger partial charge in [-0.05, 0) is 49.2 Å². The molecule has 0 unspecified atom stereocenters. The minimum absolute atomic E-state index is 0.157. The SMILES string of the molecule is Cc1cc(-n2ncc(C#N)c2NC(=O)CNC(=O)c2ccc(Cl)cc2Cl)nc2c(C)cccc12. The monoisotopic (exact) mass is 492 g/mol. The average molecular weight is 493 g/mol. The summed E-state index contributed by atoms with van der Waals surface area (Å²) in [6.45, 7) is 3.56. The van der Waals surface area contributed by atoms with E-state index >= 15 is 0 Å². The zero-order chi connectivity index (χ0) is 24.4. The first kappa shape index (κ1) is 23.2. The van der Waals surface area contributed by atoms with Crippen LogP contribution in [0.4, 0.5) is 5.82 Å². The molecular formula is C24H18Cl2N6O2. The second kappa shape index (κ2) is 9.51. The first-order valence-electron chi connectivity index (χ1n) is 10.2. The molecule has 34 heavy (non-hydrogen) atoms. The number of pyridine rings is 1. The molecule has 2 aromatic carbocycles. The number of hydrogen-bond acceptors (Lipinski definition) is 5. The molecule has 0 atom stereocenters. The van der Waals surface area contributed by atoms with Gasteiger partial charge >= 0.3 is 0 Å². The van der Waals surface area contributed by atoms with E-state index in [0.29, 0.717) is 10.8 Å². The van der Waals surface area contributed by atoms with Crippen LogP contribution >= 0.6 is 23.2 Å². The molecule has 0 fully saturated rings. The van der Waals surface area contributed by atoms with Gasteiger partial charge in [-0.3, -0.25) is 9.59 Å². The van der Waals surface area contributed by atoms with Gasteiger partial charge < -0.3 is 10.6 Å². The molecular weight excluding hydrogens is 475 g/mol. The molecule has 0 aliphatic heterocycles. The van der Waals surface area contributed by atoms with Gasteiger partial charge in [0.15, 0.2) is 11.6 Å². The Bertz CT molecular complexity index is 1490. The number of hydrogen-bond donors (Lipinski definition) is 2. The van der Waals surface area contributed by atoms with Gasteiger partial charge in [-0.1, -0.05) is 41.4 Å². The number of para-hydroxylation sites is 1. The molecule has 0 saturated heterocycles. The van der Waals surface area contributed by atoms with Crippen LogP contribution in [0.25, 0.3) is 16.7 Å². The van der Waals surface area contributed by atoms with Crippen LogP contribution < -0.4 is 10.6 Å². The van der Waals surface area contributed by atoms with E-state index in [-0.39, 0.29) is 28.5 Å². The molecule has 2 amide bonds. The van der Waals surface area contributed by atoms with Crippen molar-refractivity contribution in [2.45, 2.75) is 13.8 Å². The number of nitriles is 1. The summed E-state index contributed by atoms with van der Waals surface area (Å²) in [5.41, 5.74) is 3.11. The summed E-state index contributed by atoms with van der Waals surface area (Å²) in [6, 6.07) is 14.2. The number of anilines is 1. The van der Waals surface area contributed by atoms with Crippen LogP contribution in [0.1, 0.15) is 27.0 Å². The summed E-state index contributed by atoms with van der Waals surface area (Å²) < 4.78 is 1.40. The highest BCUT2D eigenvalue weighted by atomic mass is 35.5. The van der Waals surface area contributed by atoms with E-state index in [1.807, 2.05) is 44.2 Å². The Morgan fingerprint density at radius 1 is 1.12 bits per heavy atom. The minimum Gasteiger partial charge on any atom is -0.343 e. The maximum atomic E-state index is 12.6. The van der Waals surface area contributed by atoms with Gasteiger partial charge in [0.1, 0.15) is 11.6 Å². The number of benzene rings is 2. The van der Waals surface area contributed by atoms with Crippen molar-refractivity contribution in [3.05, 3.63) is 81.0 Å². The van der Waals surface area contributed by atoms with Crippen LogP contribution in [0.2, 0.25) is 10.0 Å². The van der Waals surface area contributed by atoms with E-state index in [2.05, 4.69) is 15.7 Å². The topological polar surface area (TPSA) is 113 Å². The fourth-order valence-electron chi connectivity index (χ4n) is 3.48. The third-order valence-corrected chi connectivity index (χ3v) is 5.73. The maximum absolute atomic E-state index is 12.6. The number of carbonyl (C=O) groups is 2. The predicted octanol–water partition coefficient (Wildman–Crippen LogP) is 4.58. The van der Waals surface area contributed by atoms with Crippen molar-refractivity contribution >= 4 is 51.7 Å². The Hall–Kier alpha value is -3.93. The Morgan fingerprint density at radius 2 is 1.91 bits per heavy atom. The lowest BCUT2D eigenvalue weighted by Gasteiger charge is -2.12. The molecule has 10 heteroatoms. The van der Waals surface area contributed by atoms with Gasteiger partial charge in [-0.2, -0.15) is 15.0 Å². The van der Waals surface area contributed by atoms with Gasteiger partial charge in [-0.25, -0.2) is 4.98 Å². The minimum atomic E-state index is -0.551. The number of carbonyl (C=O) groups excluding carboxylic acids is 2. The van der Waals surface area contributed by atoms with E-state index in [1.54, 1.807) is 0 Å². The molecule has 0 aliphatic carbocycles. The lowest BCUT2D eigenvalue weighted by atomic mass is 10.1. The van der Waals surface area contributed by atoms with Crippen LogP contribution in [-0.2, 0) is 4.79 Å². The van der Waals surface area contributed by atoms with Crippen molar-refractivity contribution in [2.24, 2.45) is 0 Å². The average Bonchev–Trinajstić information content (AvgIpc) is 3.20. The van der Waals surface area contributed by atoms with Gasteiger partial charge in [-0.15, -0.1) is 0 Å². The highest BCUT2D eigenvalue weighted by Crippen LogP contribution is 2.25. The van der Waals surface area contributed by atoms with Crippen LogP contribution in [0.5, 0.6) is 0 Å². The molecule has 2 heterocycles. The van der Waals surface area contributed by atoms with Crippen molar-refractivity contribution in [3.8, 4) is 11.9 Å². The molecule has 2 aromatic heterocycles. The number of rotatable bonds is 5. The number of halogens is 2. The van der Waals surface area contributed by atoms with E-state index in [4.69, 9.17) is 28.2 Å². The first-order valence-corrected chi connectivity index (χ1v) is 10.9. The zero-order valence-corrected chi connectivity index (χ0v) is 19.7. The molecule has 0 radical (unpaired) electrons. The molecule has 8 nitrogen and oxygen atoms in total. The molecule has 0 aliphatic rings. The van der Waals surface area contributed by atoms with Crippen molar-refractivity contribution in [3.63, 3.8) is 0 Å². The number of amides is 2. The summed E-state index contributed by atoms with van der Waals surface area (Å²) in [6.07, 6.45) is 1.35. The maximum Gasteiger partial charge on any atom is 0.253 e. The fourth-order valence-corrected chi connectivity index (χ4v) is 3.98. The lowest BCUT2D eigenvalue weighted by Crippen LogP contribution is -2.33. The summed E-state index contributed by atoms with van der Waals surface area (Å²) in [7, 11) is 0. The predicted molar refractivity (Wildman–Crippen MR) is 130 cm³/mol. The second-order valence-corrected chi connectivity index (χ2v) is 8.40.